The first-order valence-corrected chi connectivity index (χ1v) is 6.74. The zero-order chi connectivity index (χ0) is 14.3. The molecular formula is C14H13N5S. The summed E-state index contributed by atoms with van der Waals surface area (Å²) in [6, 6.07) is 9.62. The van der Waals surface area contributed by atoms with Crippen molar-refractivity contribution >= 4 is 23.4 Å². The summed E-state index contributed by atoms with van der Waals surface area (Å²) < 4.78 is 4.25. The van der Waals surface area contributed by atoms with Gasteiger partial charge in [0.05, 0.1) is 16.9 Å². The van der Waals surface area contributed by atoms with Crippen LogP contribution in [-0.4, -0.2) is 19.3 Å². The van der Waals surface area contributed by atoms with E-state index in [-0.39, 0.29) is 0 Å². The topological polar surface area (TPSA) is 62.3 Å². The summed E-state index contributed by atoms with van der Waals surface area (Å²) in [5.74, 6) is 0. The molecule has 3 rings (SSSR count). The number of nitrogens with one attached hydrogen (secondary N) is 1. The molecule has 20 heavy (non-hydrogen) atoms. The van der Waals surface area contributed by atoms with Crippen LogP contribution < -0.4 is 0 Å². The Hall–Kier alpha value is -2.39. The second kappa shape index (κ2) is 4.62. The van der Waals surface area contributed by atoms with Crippen molar-refractivity contribution in [2.75, 3.05) is 0 Å². The Labute approximate surface area is 121 Å². The van der Waals surface area contributed by atoms with Gasteiger partial charge in [-0.05, 0) is 30.8 Å². The fourth-order valence-corrected chi connectivity index (χ4v) is 2.73. The average molecular weight is 283 g/mol. The number of aromatic nitrogens is 4. The molecule has 0 aliphatic heterocycles. The minimum absolute atomic E-state index is 0.574. The Morgan fingerprint density at radius 1 is 1.40 bits per heavy atom. The van der Waals surface area contributed by atoms with Crippen LogP contribution in [0.2, 0.25) is 0 Å². The van der Waals surface area contributed by atoms with Crippen LogP contribution in [0.1, 0.15) is 18.2 Å². The SMILES string of the molecule is CCc1nn(C)c2c1[nH]c(=S)n2-c1ccccc1C#N. The number of imidazole rings is 1. The predicted octanol–water partition coefficient (Wildman–Crippen LogP) is 2.86. The molecule has 0 aliphatic rings. The first kappa shape index (κ1) is 12.6. The molecule has 3 aromatic rings. The molecule has 0 radical (unpaired) electrons. The van der Waals surface area contributed by atoms with Crippen molar-refractivity contribution in [2.45, 2.75) is 13.3 Å². The molecule has 100 valence electrons. The summed E-state index contributed by atoms with van der Waals surface area (Å²) >= 11 is 5.42. The molecular weight excluding hydrogens is 270 g/mol. The third-order valence-electron chi connectivity index (χ3n) is 3.34. The number of para-hydroxylation sites is 1. The highest BCUT2D eigenvalue weighted by atomic mass is 32.1. The van der Waals surface area contributed by atoms with E-state index in [0.717, 1.165) is 29.0 Å². The minimum Gasteiger partial charge on any atom is -0.327 e. The number of benzene rings is 1. The van der Waals surface area contributed by atoms with Gasteiger partial charge in [0.15, 0.2) is 10.4 Å². The summed E-state index contributed by atoms with van der Waals surface area (Å²) in [6.45, 7) is 2.05. The summed E-state index contributed by atoms with van der Waals surface area (Å²) in [5.41, 5.74) is 4.16. The number of hydrogen-bond donors (Lipinski definition) is 1. The van der Waals surface area contributed by atoms with Crippen LogP contribution in [0.5, 0.6) is 0 Å². The summed E-state index contributed by atoms with van der Waals surface area (Å²) in [7, 11) is 1.88. The van der Waals surface area contributed by atoms with Crippen LogP contribution in [0.25, 0.3) is 16.9 Å². The van der Waals surface area contributed by atoms with Crippen LogP contribution in [-0.2, 0) is 13.5 Å². The molecule has 2 heterocycles. The third-order valence-corrected chi connectivity index (χ3v) is 3.62. The number of nitriles is 1. The molecule has 5 nitrogen and oxygen atoms in total. The van der Waals surface area contributed by atoms with E-state index in [0.29, 0.717) is 10.3 Å². The van der Waals surface area contributed by atoms with Crippen molar-refractivity contribution in [1.82, 2.24) is 19.3 Å². The number of fused-ring (bicyclic) bond motifs is 1. The molecule has 0 aliphatic carbocycles. The summed E-state index contributed by atoms with van der Waals surface area (Å²) in [4.78, 5) is 3.20. The molecule has 2 aromatic heterocycles. The fourth-order valence-electron chi connectivity index (χ4n) is 2.45. The van der Waals surface area contributed by atoms with E-state index in [1.807, 2.05) is 29.8 Å². The van der Waals surface area contributed by atoms with Crippen molar-refractivity contribution in [1.29, 1.82) is 5.26 Å². The number of hydrogen-bond acceptors (Lipinski definition) is 3. The zero-order valence-corrected chi connectivity index (χ0v) is 12.0. The number of aromatic amines is 1. The zero-order valence-electron chi connectivity index (χ0n) is 11.2. The highest BCUT2D eigenvalue weighted by molar-refractivity contribution is 7.71. The Morgan fingerprint density at radius 2 is 2.15 bits per heavy atom. The Kier molecular flexibility index (Phi) is 2.92. The second-order valence-corrected chi connectivity index (χ2v) is 4.90. The smallest absolute Gasteiger partial charge is 0.184 e. The van der Waals surface area contributed by atoms with Crippen LogP contribution >= 0.6 is 12.2 Å². The van der Waals surface area contributed by atoms with Crippen molar-refractivity contribution in [3.05, 3.63) is 40.3 Å². The number of H-pyrrole nitrogens is 1. The first-order valence-electron chi connectivity index (χ1n) is 6.33. The van der Waals surface area contributed by atoms with E-state index in [1.165, 1.54) is 0 Å². The molecule has 0 fully saturated rings. The van der Waals surface area contributed by atoms with Gasteiger partial charge in [-0.3, -0.25) is 4.57 Å². The monoisotopic (exact) mass is 283 g/mol. The van der Waals surface area contributed by atoms with Crippen molar-refractivity contribution in [2.24, 2.45) is 7.05 Å². The quantitative estimate of drug-likeness (QED) is 0.736. The number of nitrogens with zero attached hydrogens (tertiary/aromatic N) is 4. The lowest BCUT2D eigenvalue weighted by Crippen LogP contribution is -2.02. The van der Waals surface area contributed by atoms with Gasteiger partial charge in [-0.1, -0.05) is 19.1 Å². The number of aryl methyl sites for hydroxylation is 2. The van der Waals surface area contributed by atoms with E-state index >= 15 is 0 Å². The lowest BCUT2D eigenvalue weighted by Gasteiger charge is -2.06. The Bertz CT molecular complexity index is 891. The molecule has 0 saturated carbocycles. The van der Waals surface area contributed by atoms with Gasteiger partial charge in [0, 0.05) is 7.05 Å². The van der Waals surface area contributed by atoms with E-state index < -0.39 is 0 Å². The van der Waals surface area contributed by atoms with E-state index in [9.17, 15) is 5.26 Å². The third kappa shape index (κ3) is 1.67. The van der Waals surface area contributed by atoms with Gasteiger partial charge in [0.25, 0.3) is 0 Å². The molecule has 0 atom stereocenters. The maximum atomic E-state index is 9.27. The predicted molar refractivity (Wildman–Crippen MR) is 79.3 cm³/mol. The summed E-state index contributed by atoms with van der Waals surface area (Å²) in [6.07, 6.45) is 0.826. The molecule has 0 spiro atoms. The molecule has 0 bridgehead atoms. The van der Waals surface area contributed by atoms with Crippen molar-refractivity contribution < 1.29 is 0 Å². The van der Waals surface area contributed by atoms with Gasteiger partial charge in [-0.15, -0.1) is 0 Å². The van der Waals surface area contributed by atoms with Crippen molar-refractivity contribution in [3.8, 4) is 11.8 Å². The van der Waals surface area contributed by atoms with E-state index in [1.54, 1.807) is 10.7 Å². The fraction of sp³-hybridized carbons (Fsp3) is 0.214. The average Bonchev–Trinajstić information content (AvgIpc) is 2.95. The Balaban J connectivity index is 2.43. The van der Waals surface area contributed by atoms with Gasteiger partial charge < -0.3 is 4.98 Å². The van der Waals surface area contributed by atoms with Gasteiger partial charge >= 0.3 is 0 Å². The summed E-state index contributed by atoms with van der Waals surface area (Å²) in [5, 5.41) is 13.8. The normalized spacial score (nSPS) is 10.8. The molecule has 1 aromatic carbocycles. The van der Waals surface area contributed by atoms with E-state index in [4.69, 9.17) is 12.2 Å². The standard InChI is InChI=1S/C14H13N5S/c1-3-10-12-13(18(2)17-10)19(14(20)16-12)11-7-5-4-6-9(11)8-15/h4-7H,3H2,1-2H3,(H,16,20). The lowest BCUT2D eigenvalue weighted by molar-refractivity contribution is 0.748. The molecule has 1 N–H and O–H groups in total. The molecule has 6 heteroatoms. The highest BCUT2D eigenvalue weighted by Gasteiger charge is 2.16. The van der Waals surface area contributed by atoms with Crippen LogP contribution in [0, 0.1) is 16.1 Å². The lowest BCUT2D eigenvalue weighted by atomic mass is 10.2. The Morgan fingerprint density at radius 3 is 2.85 bits per heavy atom. The van der Waals surface area contributed by atoms with Gasteiger partial charge in [0.2, 0.25) is 0 Å². The molecule has 0 unspecified atom stereocenters. The van der Waals surface area contributed by atoms with Crippen LogP contribution in [0.3, 0.4) is 0 Å². The maximum Gasteiger partial charge on any atom is 0.184 e. The van der Waals surface area contributed by atoms with E-state index in [2.05, 4.69) is 23.1 Å². The first-order chi connectivity index (χ1) is 9.67. The van der Waals surface area contributed by atoms with Gasteiger partial charge in [0.1, 0.15) is 11.6 Å². The largest absolute Gasteiger partial charge is 0.327 e. The van der Waals surface area contributed by atoms with Crippen LogP contribution in [0.4, 0.5) is 0 Å². The molecule has 0 saturated heterocycles. The van der Waals surface area contributed by atoms with Crippen molar-refractivity contribution in [3.63, 3.8) is 0 Å². The maximum absolute atomic E-state index is 9.27. The van der Waals surface area contributed by atoms with Gasteiger partial charge in [-0.25, -0.2) is 4.68 Å². The minimum atomic E-state index is 0.574. The van der Waals surface area contributed by atoms with Gasteiger partial charge in [-0.2, -0.15) is 10.4 Å². The van der Waals surface area contributed by atoms with Crippen LogP contribution in [0.15, 0.2) is 24.3 Å². The second-order valence-electron chi connectivity index (χ2n) is 4.52. The number of rotatable bonds is 2. The molecule has 0 amide bonds. The highest BCUT2D eigenvalue weighted by Crippen LogP contribution is 2.24.